The van der Waals surface area contributed by atoms with Gasteiger partial charge in [0.1, 0.15) is 0 Å². The fourth-order valence-electron chi connectivity index (χ4n) is 0.369. The van der Waals surface area contributed by atoms with Crippen LogP contribution < -0.4 is 0 Å². The molecule has 0 aromatic carbocycles. The standard InChI is InChI=1S/C4H9Cl3OSi/c5-2-1-3-9-8-4(6)7/h4H,1-3,9H2. The Morgan fingerprint density at radius 1 is 1.44 bits per heavy atom. The first kappa shape index (κ1) is 10.0. The van der Waals surface area contributed by atoms with Crippen LogP contribution in [0, 0.1) is 0 Å². The maximum Gasteiger partial charge on any atom is 0.197 e. The topological polar surface area (TPSA) is 9.23 Å². The van der Waals surface area contributed by atoms with Crippen molar-refractivity contribution < 1.29 is 4.43 Å². The Labute approximate surface area is 72.6 Å². The monoisotopic (exact) mass is 206 g/mol. The molecular formula is C4H9Cl3OSi. The van der Waals surface area contributed by atoms with E-state index in [-0.39, 0.29) is 0 Å². The molecule has 0 aromatic rings. The zero-order chi connectivity index (χ0) is 7.11. The highest BCUT2D eigenvalue weighted by Crippen LogP contribution is 2.03. The molecule has 0 saturated heterocycles. The van der Waals surface area contributed by atoms with Crippen LogP contribution in [0.3, 0.4) is 0 Å². The van der Waals surface area contributed by atoms with Gasteiger partial charge in [-0.2, -0.15) is 0 Å². The molecule has 0 saturated carbocycles. The molecule has 0 aliphatic heterocycles. The smallest absolute Gasteiger partial charge is 0.197 e. The summed E-state index contributed by atoms with van der Waals surface area (Å²) in [6.45, 7) is 0. The molecule has 0 radical (unpaired) electrons. The summed E-state index contributed by atoms with van der Waals surface area (Å²) in [6.07, 6.45) is 1.01. The largest absolute Gasteiger partial charge is 0.397 e. The van der Waals surface area contributed by atoms with Crippen molar-refractivity contribution in [2.75, 3.05) is 5.88 Å². The molecule has 0 unspecified atom stereocenters. The first-order valence-electron chi connectivity index (χ1n) is 2.73. The van der Waals surface area contributed by atoms with Crippen LogP contribution in [-0.4, -0.2) is 20.7 Å². The van der Waals surface area contributed by atoms with Gasteiger partial charge in [-0.3, -0.25) is 0 Å². The maximum atomic E-state index is 5.42. The number of hydrogen-bond acceptors (Lipinski definition) is 1. The fourth-order valence-corrected chi connectivity index (χ4v) is 2.21. The Morgan fingerprint density at radius 3 is 2.56 bits per heavy atom. The van der Waals surface area contributed by atoms with E-state index in [1.807, 2.05) is 0 Å². The van der Waals surface area contributed by atoms with Crippen molar-refractivity contribution in [2.24, 2.45) is 0 Å². The minimum atomic E-state index is -0.632. The lowest BCUT2D eigenvalue weighted by Gasteiger charge is -2.00. The molecule has 0 amide bonds. The van der Waals surface area contributed by atoms with E-state index in [2.05, 4.69) is 0 Å². The van der Waals surface area contributed by atoms with Crippen molar-refractivity contribution in [2.45, 2.75) is 17.5 Å². The molecule has 0 aromatic heterocycles. The predicted octanol–water partition coefficient (Wildman–Crippen LogP) is 1.90. The highest BCUT2D eigenvalue weighted by Gasteiger charge is 1.95. The van der Waals surface area contributed by atoms with E-state index < -0.39 is 14.8 Å². The molecule has 0 bridgehead atoms. The second kappa shape index (κ2) is 7.16. The van der Waals surface area contributed by atoms with Crippen molar-refractivity contribution in [3.63, 3.8) is 0 Å². The summed E-state index contributed by atoms with van der Waals surface area (Å²) < 4.78 is 4.96. The molecular weight excluding hydrogens is 198 g/mol. The summed E-state index contributed by atoms with van der Waals surface area (Å²) in [5, 5.41) is -0.632. The summed E-state index contributed by atoms with van der Waals surface area (Å²) in [7, 11) is -0.495. The van der Waals surface area contributed by atoms with Crippen molar-refractivity contribution >= 4 is 44.6 Å². The van der Waals surface area contributed by atoms with Crippen LogP contribution >= 0.6 is 34.8 Å². The van der Waals surface area contributed by atoms with Crippen LogP contribution in [0.1, 0.15) is 6.42 Å². The molecule has 0 aliphatic carbocycles. The quantitative estimate of drug-likeness (QED) is 0.380. The van der Waals surface area contributed by atoms with Gasteiger partial charge in [0.2, 0.25) is 0 Å². The van der Waals surface area contributed by atoms with Crippen LogP contribution in [0.15, 0.2) is 0 Å². The Hall–Kier alpha value is 1.05. The van der Waals surface area contributed by atoms with E-state index in [0.717, 1.165) is 12.5 Å². The Kier molecular flexibility index (Phi) is 7.99. The van der Waals surface area contributed by atoms with Gasteiger partial charge in [-0.25, -0.2) is 0 Å². The van der Waals surface area contributed by atoms with Crippen LogP contribution in [-0.2, 0) is 4.43 Å². The maximum absolute atomic E-state index is 5.42. The van der Waals surface area contributed by atoms with Gasteiger partial charge >= 0.3 is 0 Å². The molecule has 5 heteroatoms. The lowest BCUT2D eigenvalue weighted by molar-refractivity contribution is 0.375. The number of hydrogen-bond donors (Lipinski definition) is 0. The lowest BCUT2D eigenvalue weighted by Crippen LogP contribution is -2.01. The second-order valence-electron chi connectivity index (χ2n) is 1.53. The number of rotatable bonds is 5. The van der Waals surface area contributed by atoms with E-state index in [9.17, 15) is 0 Å². The van der Waals surface area contributed by atoms with E-state index in [4.69, 9.17) is 39.2 Å². The van der Waals surface area contributed by atoms with Crippen molar-refractivity contribution in [3.8, 4) is 0 Å². The normalized spacial score (nSPS) is 12.0. The summed E-state index contributed by atoms with van der Waals surface area (Å²) in [4.78, 5) is 0. The van der Waals surface area contributed by atoms with Crippen LogP contribution in [0.4, 0.5) is 0 Å². The van der Waals surface area contributed by atoms with Crippen LogP contribution in [0.5, 0.6) is 0 Å². The predicted molar refractivity (Wildman–Crippen MR) is 45.3 cm³/mol. The highest BCUT2D eigenvalue weighted by atomic mass is 35.5. The van der Waals surface area contributed by atoms with E-state index in [0.29, 0.717) is 5.88 Å². The van der Waals surface area contributed by atoms with Crippen LogP contribution in [0.25, 0.3) is 0 Å². The zero-order valence-electron chi connectivity index (χ0n) is 4.95. The second-order valence-corrected chi connectivity index (χ2v) is 4.37. The molecule has 0 heterocycles. The van der Waals surface area contributed by atoms with Gasteiger partial charge in [-0.1, -0.05) is 23.2 Å². The van der Waals surface area contributed by atoms with Gasteiger partial charge in [0.05, 0.1) is 0 Å². The zero-order valence-corrected chi connectivity index (χ0v) is 8.63. The molecule has 0 atom stereocenters. The van der Waals surface area contributed by atoms with Gasteiger partial charge < -0.3 is 4.43 Å². The molecule has 0 spiro atoms. The molecule has 1 nitrogen and oxygen atoms in total. The van der Waals surface area contributed by atoms with Gasteiger partial charge in [0.15, 0.2) is 14.8 Å². The van der Waals surface area contributed by atoms with Gasteiger partial charge in [0, 0.05) is 5.88 Å². The van der Waals surface area contributed by atoms with E-state index >= 15 is 0 Å². The highest BCUT2D eigenvalue weighted by molar-refractivity contribution is 6.45. The summed E-state index contributed by atoms with van der Waals surface area (Å²) >= 11 is 16.0. The Morgan fingerprint density at radius 2 is 2.11 bits per heavy atom. The molecule has 9 heavy (non-hydrogen) atoms. The molecule has 0 N–H and O–H groups in total. The molecule has 0 aliphatic rings. The summed E-state index contributed by atoms with van der Waals surface area (Å²) in [5.74, 6) is 0.700. The van der Waals surface area contributed by atoms with Crippen molar-refractivity contribution in [3.05, 3.63) is 0 Å². The number of halogens is 3. The van der Waals surface area contributed by atoms with Gasteiger partial charge in [0.25, 0.3) is 0 Å². The third-order valence-electron chi connectivity index (χ3n) is 0.772. The van der Waals surface area contributed by atoms with Gasteiger partial charge in [-0.05, 0) is 12.5 Å². The third kappa shape index (κ3) is 9.05. The van der Waals surface area contributed by atoms with Gasteiger partial charge in [-0.15, -0.1) is 11.6 Å². The van der Waals surface area contributed by atoms with Crippen molar-refractivity contribution in [1.29, 1.82) is 0 Å². The summed E-state index contributed by atoms with van der Waals surface area (Å²) in [5.41, 5.74) is 0. The SMILES string of the molecule is ClCCC[SiH2]OC(Cl)Cl. The van der Waals surface area contributed by atoms with E-state index in [1.165, 1.54) is 0 Å². The van der Waals surface area contributed by atoms with E-state index in [1.54, 1.807) is 0 Å². The molecule has 56 valence electrons. The first-order valence-corrected chi connectivity index (χ1v) is 5.71. The lowest BCUT2D eigenvalue weighted by atomic mass is 10.6. The minimum Gasteiger partial charge on any atom is -0.397 e. The Balaban J connectivity index is 2.75. The number of alkyl halides is 3. The third-order valence-corrected chi connectivity index (χ3v) is 3.07. The van der Waals surface area contributed by atoms with Crippen LogP contribution in [0.2, 0.25) is 6.04 Å². The average Bonchev–Trinajstić information content (AvgIpc) is 1.80. The summed E-state index contributed by atoms with van der Waals surface area (Å²) in [6, 6.07) is 1.06. The fraction of sp³-hybridized carbons (Fsp3) is 1.00. The Bertz CT molecular complexity index is 61.8. The molecule has 0 fully saturated rings. The first-order chi connectivity index (χ1) is 4.27. The minimum absolute atomic E-state index is 0.495. The molecule has 0 rings (SSSR count). The average molecular weight is 208 g/mol. The van der Waals surface area contributed by atoms with Crippen molar-refractivity contribution in [1.82, 2.24) is 0 Å².